The second-order valence-corrected chi connectivity index (χ2v) is 13.7. The highest BCUT2D eigenvalue weighted by atomic mass is 35.5. The summed E-state index contributed by atoms with van der Waals surface area (Å²) in [7, 11) is 0. The first-order valence-corrected chi connectivity index (χ1v) is 16.6. The van der Waals surface area contributed by atoms with Gasteiger partial charge in [-0.05, 0) is 42.3 Å². The second-order valence-electron chi connectivity index (χ2n) is 11.1. The van der Waals surface area contributed by atoms with Crippen molar-refractivity contribution in [1.29, 1.82) is 0 Å². The summed E-state index contributed by atoms with van der Waals surface area (Å²) in [4.78, 5) is 47.1. The van der Waals surface area contributed by atoms with Gasteiger partial charge in [0.05, 0.1) is 23.2 Å². The highest BCUT2D eigenvalue weighted by molar-refractivity contribution is 8.00. The number of halogens is 1. The fraction of sp³-hybridized carbons (Fsp3) is 0.114. The number of benzene rings is 4. The molecule has 2 aliphatic rings. The quantitative estimate of drug-likeness (QED) is 0.136. The second kappa shape index (κ2) is 10.9. The topological polar surface area (TPSA) is 96.6 Å². The number of carbonyl (C=O) groups excluding carboxylic acids is 2. The van der Waals surface area contributed by atoms with E-state index in [0.29, 0.717) is 31.8 Å². The monoisotopic (exact) mass is 662 g/mol. The maximum atomic E-state index is 15.1. The Balaban J connectivity index is 1.33. The Labute approximate surface area is 276 Å². The van der Waals surface area contributed by atoms with Crippen LogP contribution in [0.4, 0.5) is 10.8 Å². The van der Waals surface area contributed by atoms with E-state index in [1.165, 1.54) is 28.0 Å². The Morgan fingerprint density at radius 1 is 0.913 bits per heavy atom. The highest BCUT2D eigenvalue weighted by Crippen LogP contribution is 2.55. The van der Waals surface area contributed by atoms with Gasteiger partial charge in [0.25, 0.3) is 11.8 Å². The smallest absolute Gasteiger partial charge is 0.297 e. The predicted octanol–water partition coefficient (Wildman–Crippen LogP) is 7.35. The maximum Gasteiger partial charge on any atom is 0.297 e. The van der Waals surface area contributed by atoms with Gasteiger partial charge in [0.2, 0.25) is 10.9 Å². The molecule has 2 amide bonds. The van der Waals surface area contributed by atoms with Crippen molar-refractivity contribution >= 4 is 68.3 Å². The number of aryl methyl sites for hydroxylation is 1. The molecule has 1 atom stereocenters. The standard InChI is InChI=1S/C35H23ClN4O4S2/c1-20-15-16-27-23(17-20)29(41)28-30(44-27)31(42)40(33-37-38-34(46-33)45-19-22-11-5-7-13-25(22)36)35(28)24-12-6-8-14-26(24)39(32(35)43)18-21-9-3-2-4-10-21/h2-17H,18-19H2,1H3. The zero-order chi connectivity index (χ0) is 31.6. The van der Waals surface area contributed by atoms with Crippen molar-refractivity contribution in [2.75, 3.05) is 9.80 Å². The van der Waals surface area contributed by atoms with Crippen molar-refractivity contribution in [3.8, 4) is 0 Å². The number of aromatic nitrogens is 2. The molecule has 0 aliphatic carbocycles. The Morgan fingerprint density at radius 3 is 2.50 bits per heavy atom. The fourth-order valence-electron chi connectivity index (χ4n) is 6.31. The molecular weight excluding hydrogens is 640 g/mol. The van der Waals surface area contributed by atoms with Gasteiger partial charge < -0.3 is 9.32 Å². The molecule has 0 fully saturated rings. The first-order chi connectivity index (χ1) is 22.4. The molecular formula is C35H23ClN4O4S2. The molecule has 0 bridgehead atoms. The molecule has 11 heteroatoms. The fourth-order valence-corrected chi connectivity index (χ4v) is 8.48. The summed E-state index contributed by atoms with van der Waals surface area (Å²) in [5, 5.41) is 9.92. The SMILES string of the molecule is Cc1ccc2oc3c(c(=O)c2c1)C1(C(=O)N(Cc2ccccc2)c2ccccc21)N(c1nnc(SCc2ccccc2Cl)s1)C3=O. The largest absolute Gasteiger partial charge is 0.450 e. The lowest BCUT2D eigenvalue weighted by atomic mass is 9.84. The van der Waals surface area contributed by atoms with Crippen LogP contribution >= 0.6 is 34.7 Å². The number of hydrogen-bond acceptors (Lipinski definition) is 8. The van der Waals surface area contributed by atoms with Gasteiger partial charge >= 0.3 is 0 Å². The van der Waals surface area contributed by atoms with E-state index in [4.69, 9.17) is 16.0 Å². The number of para-hydroxylation sites is 1. The van der Waals surface area contributed by atoms with E-state index in [9.17, 15) is 9.59 Å². The summed E-state index contributed by atoms with van der Waals surface area (Å²) in [5.74, 6) is -0.709. The van der Waals surface area contributed by atoms with Crippen LogP contribution in [-0.2, 0) is 22.6 Å². The summed E-state index contributed by atoms with van der Waals surface area (Å²) in [6, 6.07) is 29.6. The molecule has 0 N–H and O–H groups in total. The van der Waals surface area contributed by atoms with Crippen LogP contribution in [-0.4, -0.2) is 22.0 Å². The number of anilines is 2. The normalized spacial score (nSPS) is 16.9. The third kappa shape index (κ3) is 4.24. The summed E-state index contributed by atoms with van der Waals surface area (Å²) in [6.45, 7) is 2.11. The Bertz CT molecular complexity index is 2270. The van der Waals surface area contributed by atoms with Gasteiger partial charge in [-0.1, -0.05) is 113 Å². The lowest BCUT2D eigenvalue weighted by molar-refractivity contribution is -0.121. The third-order valence-corrected chi connectivity index (χ3v) is 10.8. The zero-order valence-electron chi connectivity index (χ0n) is 24.3. The molecule has 8 rings (SSSR count). The van der Waals surface area contributed by atoms with Gasteiger partial charge in [-0.2, -0.15) is 0 Å². The van der Waals surface area contributed by atoms with Gasteiger partial charge in [-0.3, -0.25) is 19.3 Å². The number of carbonyl (C=O) groups is 2. The minimum atomic E-state index is -1.85. The molecule has 6 aromatic rings. The van der Waals surface area contributed by atoms with E-state index < -0.39 is 22.8 Å². The van der Waals surface area contributed by atoms with E-state index >= 15 is 4.79 Å². The predicted molar refractivity (Wildman–Crippen MR) is 180 cm³/mol. The number of rotatable bonds is 6. The number of amides is 2. The summed E-state index contributed by atoms with van der Waals surface area (Å²) in [6.07, 6.45) is 0. The molecule has 4 aromatic carbocycles. The summed E-state index contributed by atoms with van der Waals surface area (Å²) < 4.78 is 6.79. The molecule has 0 radical (unpaired) electrons. The van der Waals surface area contributed by atoms with Crippen LogP contribution in [0.1, 0.15) is 38.4 Å². The van der Waals surface area contributed by atoms with Crippen LogP contribution < -0.4 is 15.2 Å². The first kappa shape index (κ1) is 28.7. The van der Waals surface area contributed by atoms with Crippen LogP contribution in [0.15, 0.2) is 111 Å². The van der Waals surface area contributed by atoms with Crippen molar-refractivity contribution in [2.24, 2.45) is 0 Å². The van der Waals surface area contributed by atoms with Crippen molar-refractivity contribution in [1.82, 2.24) is 10.2 Å². The summed E-state index contributed by atoms with van der Waals surface area (Å²) in [5.41, 5.74) is 1.76. The average molecular weight is 663 g/mol. The van der Waals surface area contributed by atoms with Crippen LogP contribution in [0.3, 0.4) is 0 Å². The van der Waals surface area contributed by atoms with E-state index in [-0.39, 0.29) is 28.6 Å². The number of thioether (sulfide) groups is 1. The molecule has 226 valence electrons. The number of hydrogen-bond donors (Lipinski definition) is 0. The highest BCUT2D eigenvalue weighted by Gasteiger charge is 2.66. The minimum absolute atomic E-state index is 0.0101. The van der Waals surface area contributed by atoms with Crippen molar-refractivity contribution in [2.45, 2.75) is 29.1 Å². The lowest BCUT2D eigenvalue weighted by Crippen LogP contribution is -2.53. The molecule has 2 aliphatic heterocycles. The van der Waals surface area contributed by atoms with E-state index in [2.05, 4.69) is 10.2 Å². The van der Waals surface area contributed by atoms with Gasteiger partial charge in [-0.25, -0.2) is 0 Å². The molecule has 46 heavy (non-hydrogen) atoms. The number of fused-ring (bicyclic) bond motifs is 5. The number of nitrogens with zero attached hydrogens (tertiary/aromatic N) is 4. The average Bonchev–Trinajstić information content (AvgIpc) is 3.71. The molecule has 8 nitrogen and oxygen atoms in total. The van der Waals surface area contributed by atoms with Crippen LogP contribution in [0.2, 0.25) is 5.02 Å². The summed E-state index contributed by atoms with van der Waals surface area (Å²) >= 11 is 8.97. The van der Waals surface area contributed by atoms with Gasteiger partial charge in [-0.15, -0.1) is 10.2 Å². The van der Waals surface area contributed by atoms with Gasteiger partial charge in [0.15, 0.2) is 15.3 Å². The first-order valence-electron chi connectivity index (χ1n) is 14.5. The minimum Gasteiger partial charge on any atom is -0.450 e. The molecule has 0 saturated heterocycles. The van der Waals surface area contributed by atoms with Crippen LogP contribution in [0.25, 0.3) is 11.0 Å². The molecule has 0 saturated carbocycles. The maximum absolute atomic E-state index is 15.1. The zero-order valence-corrected chi connectivity index (χ0v) is 26.7. The van der Waals surface area contributed by atoms with Crippen molar-refractivity contribution < 1.29 is 14.0 Å². The van der Waals surface area contributed by atoms with Crippen molar-refractivity contribution in [3.63, 3.8) is 0 Å². The molecule has 1 spiro atoms. The Morgan fingerprint density at radius 2 is 1.67 bits per heavy atom. The molecule has 4 heterocycles. The van der Waals surface area contributed by atoms with Gasteiger partial charge in [0, 0.05) is 16.3 Å². The lowest BCUT2D eigenvalue weighted by Gasteiger charge is -2.32. The van der Waals surface area contributed by atoms with Crippen molar-refractivity contribution in [3.05, 3.63) is 146 Å². The molecule has 2 aromatic heterocycles. The van der Waals surface area contributed by atoms with Crippen LogP contribution in [0.5, 0.6) is 0 Å². The van der Waals surface area contributed by atoms with Crippen LogP contribution in [0, 0.1) is 6.92 Å². The Hall–Kier alpha value is -4.77. The van der Waals surface area contributed by atoms with Gasteiger partial charge in [0.1, 0.15) is 5.58 Å². The molecule has 1 unspecified atom stereocenters. The Kier molecular flexibility index (Phi) is 6.82. The van der Waals surface area contributed by atoms with E-state index in [1.54, 1.807) is 29.2 Å². The van der Waals surface area contributed by atoms with E-state index in [1.807, 2.05) is 79.7 Å². The van der Waals surface area contributed by atoms with E-state index in [0.717, 1.165) is 16.7 Å². The third-order valence-electron chi connectivity index (χ3n) is 8.36.